The molecule has 2 aromatic rings. The van der Waals surface area contributed by atoms with Crippen molar-refractivity contribution in [3.05, 3.63) is 28.0 Å². The molecule has 0 saturated carbocycles. The number of thiazole rings is 1. The lowest BCUT2D eigenvalue weighted by Crippen LogP contribution is -2.47. The van der Waals surface area contributed by atoms with Crippen molar-refractivity contribution in [3.63, 3.8) is 0 Å². The number of aryl methyl sites for hydroxylation is 2. The van der Waals surface area contributed by atoms with Gasteiger partial charge < -0.3 is 0 Å². The van der Waals surface area contributed by atoms with Crippen LogP contribution >= 0.6 is 11.3 Å². The maximum atomic E-state index is 4.45. The smallest absolute Gasteiger partial charge is 0.0969 e. The van der Waals surface area contributed by atoms with Crippen LogP contribution in [-0.2, 0) is 6.54 Å². The van der Waals surface area contributed by atoms with Gasteiger partial charge >= 0.3 is 0 Å². The molecule has 1 saturated heterocycles. The summed E-state index contributed by atoms with van der Waals surface area (Å²) < 4.78 is 0. The topological polar surface area (TPSA) is 46.8 Å². The first kappa shape index (κ1) is 10.9. The normalized spacial score (nSPS) is 17.3. The second kappa shape index (κ2) is 4.19. The number of likely N-dealkylation sites (tertiary alicyclic amines) is 1. The van der Waals surface area contributed by atoms with Crippen molar-refractivity contribution in [1.29, 1.82) is 0 Å². The molecule has 17 heavy (non-hydrogen) atoms. The molecule has 90 valence electrons. The molecular formula is C11H15N5S. The first-order valence-electron chi connectivity index (χ1n) is 5.73. The van der Waals surface area contributed by atoms with Crippen LogP contribution in [0.2, 0.25) is 0 Å². The van der Waals surface area contributed by atoms with Crippen molar-refractivity contribution in [1.82, 2.24) is 24.9 Å². The Bertz CT molecular complexity index is 498. The van der Waals surface area contributed by atoms with Gasteiger partial charge in [0.1, 0.15) is 0 Å². The van der Waals surface area contributed by atoms with Crippen molar-refractivity contribution in [2.75, 3.05) is 13.1 Å². The third kappa shape index (κ3) is 2.10. The summed E-state index contributed by atoms with van der Waals surface area (Å²) >= 11 is 1.80. The van der Waals surface area contributed by atoms with Crippen LogP contribution in [0, 0.1) is 13.8 Å². The molecule has 2 aromatic heterocycles. The van der Waals surface area contributed by atoms with E-state index in [2.05, 4.69) is 33.9 Å². The average Bonchev–Trinajstić information content (AvgIpc) is 2.81. The Hall–Kier alpha value is -1.27. The van der Waals surface area contributed by atoms with Crippen molar-refractivity contribution in [2.45, 2.75) is 26.4 Å². The molecule has 0 radical (unpaired) electrons. The molecule has 0 spiro atoms. The van der Waals surface area contributed by atoms with Gasteiger partial charge in [-0.25, -0.2) is 4.98 Å². The predicted molar refractivity (Wildman–Crippen MR) is 65.9 cm³/mol. The van der Waals surface area contributed by atoms with Gasteiger partial charge in [-0.15, -0.1) is 11.3 Å². The van der Waals surface area contributed by atoms with Crippen LogP contribution in [0.4, 0.5) is 0 Å². The van der Waals surface area contributed by atoms with Crippen molar-refractivity contribution in [2.24, 2.45) is 0 Å². The summed E-state index contributed by atoms with van der Waals surface area (Å²) in [6, 6.07) is 0.444. The molecule has 0 aromatic carbocycles. The van der Waals surface area contributed by atoms with E-state index in [4.69, 9.17) is 0 Å². The van der Waals surface area contributed by atoms with Gasteiger partial charge in [-0.3, -0.25) is 4.90 Å². The largest absolute Gasteiger partial charge is 0.294 e. The molecule has 0 atom stereocenters. The molecule has 3 rings (SSSR count). The molecular weight excluding hydrogens is 234 g/mol. The Morgan fingerprint density at radius 1 is 1.29 bits per heavy atom. The van der Waals surface area contributed by atoms with E-state index in [1.54, 1.807) is 28.5 Å². The highest BCUT2D eigenvalue weighted by Gasteiger charge is 2.29. The van der Waals surface area contributed by atoms with Gasteiger partial charge in [0, 0.05) is 24.5 Å². The minimum atomic E-state index is 0.444. The highest BCUT2D eigenvalue weighted by molar-refractivity contribution is 7.11. The SMILES string of the molecule is Cc1nc(C)c(CN2CC(n3nccn3)C2)s1. The van der Waals surface area contributed by atoms with E-state index in [1.807, 2.05) is 0 Å². The number of hydrogen-bond donors (Lipinski definition) is 0. The standard InChI is InChI=1S/C11H15N5S/c1-8-11(17-9(2)14-8)7-15-5-10(6-15)16-12-3-4-13-16/h3-4,10H,5-7H2,1-2H3. The first-order valence-corrected chi connectivity index (χ1v) is 6.55. The van der Waals surface area contributed by atoms with E-state index in [9.17, 15) is 0 Å². The summed E-state index contributed by atoms with van der Waals surface area (Å²) in [6.07, 6.45) is 3.47. The fourth-order valence-electron chi connectivity index (χ4n) is 2.16. The molecule has 6 heteroatoms. The number of rotatable bonds is 3. The van der Waals surface area contributed by atoms with Gasteiger partial charge in [-0.05, 0) is 13.8 Å². The second-order valence-electron chi connectivity index (χ2n) is 4.44. The van der Waals surface area contributed by atoms with E-state index in [0.717, 1.165) is 24.6 Å². The van der Waals surface area contributed by atoms with Crippen LogP contribution in [0.25, 0.3) is 0 Å². The highest BCUT2D eigenvalue weighted by atomic mass is 32.1. The quantitative estimate of drug-likeness (QED) is 0.825. The Kier molecular flexibility index (Phi) is 2.68. The van der Waals surface area contributed by atoms with E-state index in [1.165, 1.54) is 10.6 Å². The Morgan fingerprint density at radius 2 is 2.00 bits per heavy atom. The Morgan fingerprint density at radius 3 is 2.59 bits per heavy atom. The van der Waals surface area contributed by atoms with Crippen LogP contribution in [0.3, 0.4) is 0 Å². The van der Waals surface area contributed by atoms with E-state index < -0.39 is 0 Å². The number of hydrogen-bond acceptors (Lipinski definition) is 5. The van der Waals surface area contributed by atoms with Gasteiger partial charge in [0.15, 0.2) is 0 Å². The Balaban J connectivity index is 1.58. The predicted octanol–water partition coefficient (Wildman–Crippen LogP) is 1.41. The third-order valence-corrected chi connectivity index (χ3v) is 4.13. The van der Waals surface area contributed by atoms with Crippen LogP contribution < -0.4 is 0 Å². The molecule has 0 aliphatic carbocycles. The number of nitrogens with zero attached hydrogens (tertiary/aromatic N) is 5. The molecule has 3 heterocycles. The fraction of sp³-hybridized carbons (Fsp3) is 0.545. The summed E-state index contributed by atoms with van der Waals surface area (Å²) in [5.41, 5.74) is 1.17. The minimum absolute atomic E-state index is 0.444. The van der Waals surface area contributed by atoms with Crippen molar-refractivity contribution >= 4 is 11.3 Å². The summed E-state index contributed by atoms with van der Waals surface area (Å²) in [7, 11) is 0. The number of aromatic nitrogens is 4. The maximum Gasteiger partial charge on any atom is 0.0969 e. The van der Waals surface area contributed by atoms with E-state index in [-0.39, 0.29) is 0 Å². The molecule has 1 aliphatic rings. The van der Waals surface area contributed by atoms with Crippen LogP contribution in [0.15, 0.2) is 12.4 Å². The third-order valence-electron chi connectivity index (χ3n) is 3.07. The second-order valence-corrected chi connectivity index (χ2v) is 5.73. The van der Waals surface area contributed by atoms with E-state index >= 15 is 0 Å². The summed E-state index contributed by atoms with van der Waals surface area (Å²) in [5.74, 6) is 0. The van der Waals surface area contributed by atoms with Crippen LogP contribution in [-0.4, -0.2) is 38.0 Å². The lowest BCUT2D eigenvalue weighted by atomic mass is 10.1. The minimum Gasteiger partial charge on any atom is -0.294 e. The molecule has 5 nitrogen and oxygen atoms in total. The molecule has 1 fully saturated rings. The fourth-order valence-corrected chi connectivity index (χ4v) is 3.14. The lowest BCUT2D eigenvalue weighted by molar-refractivity contribution is 0.0822. The molecule has 0 N–H and O–H groups in total. The van der Waals surface area contributed by atoms with Crippen LogP contribution in [0.1, 0.15) is 21.6 Å². The first-order chi connectivity index (χ1) is 8.22. The van der Waals surface area contributed by atoms with E-state index in [0.29, 0.717) is 6.04 Å². The molecule has 0 unspecified atom stereocenters. The summed E-state index contributed by atoms with van der Waals surface area (Å²) in [4.78, 5) is 10.1. The highest BCUT2D eigenvalue weighted by Crippen LogP contribution is 2.25. The zero-order valence-electron chi connectivity index (χ0n) is 10.00. The zero-order chi connectivity index (χ0) is 11.8. The monoisotopic (exact) mass is 249 g/mol. The van der Waals surface area contributed by atoms with Gasteiger partial charge in [0.25, 0.3) is 0 Å². The molecule has 1 aliphatic heterocycles. The van der Waals surface area contributed by atoms with Gasteiger partial charge in [-0.1, -0.05) is 0 Å². The maximum absolute atomic E-state index is 4.45. The van der Waals surface area contributed by atoms with Crippen molar-refractivity contribution in [3.8, 4) is 0 Å². The Labute approximate surface area is 104 Å². The summed E-state index contributed by atoms with van der Waals surface area (Å²) in [5, 5.41) is 9.50. The molecule has 0 amide bonds. The van der Waals surface area contributed by atoms with Gasteiger partial charge in [0.05, 0.1) is 29.1 Å². The summed E-state index contributed by atoms with van der Waals surface area (Å²) in [6.45, 7) is 7.23. The van der Waals surface area contributed by atoms with Gasteiger partial charge in [0.2, 0.25) is 0 Å². The molecule has 0 bridgehead atoms. The van der Waals surface area contributed by atoms with Gasteiger partial charge in [-0.2, -0.15) is 15.0 Å². The van der Waals surface area contributed by atoms with Crippen LogP contribution in [0.5, 0.6) is 0 Å². The van der Waals surface area contributed by atoms with Crippen molar-refractivity contribution < 1.29 is 0 Å². The average molecular weight is 249 g/mol. The zero-order valence-corrected chi connectivity index (χ0v) is 10.8. The lowest BCUT2D eigenvalue weighted by Gasteiger charge is -2.38.